The zero-order chi connectivity index (χ0) is 26.8. The van der Waals surface area contributed by atoms with E-state index in [-0.39, 0.29) is 23.7 Å². The Morgan fingerprint density at radius 1 is 0.872 bits per heavy atom. The Kier molecular flexibility index (Phi) is 6.94. The lowest BCUT2D eigenvalue weighted by Crippen LogP contribution is -2.63. The van der Waals surface area contributed by atoms with Gasteiger partial charge in [0.15, 0.2) is 0 Å². The zero-order valence-electron chi connectivity index (χ0n) is 22.1. The summed E-state index contributed by atoms with van der Waals surface area (Å²) in [6.07, 6.45) is 3.98. The molecule has 2 amide bonds. The van der Waals surface area contributed by atoms with Crippen LogP contribution in [-0.2, 0) is 37.5 Å². The highest BCUT2D eigenvalue weighted by Gasteiger charge is 2.60. The Hall–Kier alpha value is -3.93. The van der Waals surface area contributed by atoms with E-state index in [4.69, 9.17) is 4.74 Å². The van der Waals surface area contributed by atoms with E-state index in [1.54, 1.807) is 0 Å². The molecule has 0 unspecified atom stereocenters. The van der Waals surface area contributed by atoms with Crippen molar-refractivity contribution < 1.29 is 19.1 Å². The van der Waals surface area contributed by atoms with Gasteiger partial charge in [0.25, 0.3) is 0 Å². The van der Waals surface area contributed by atoms with Crippen LogP contribution in [0.15, 0.2) is 84.9 Å². The van der Waals surface area contributed by atoms with Gasteiger partial charge in [-0.1, -0.05) is 78.9 Å². The standard InChI is InChI=1S/C33H34N2O4/c36-29(20-17-23-10-3-1-4-11-23)34-30-28(39-31(37)25-18-19-25)16-9-21-33(30)26-14-7-8-15-27(26)35(32(33)38)22-24-12-5-2-6-13-24/h1-8,10-15,25,28,30H,9,16-22H2,(H,34,36)/t28-,30-,33-/m0/s1. The number of rotatable bonds is 8. The third kappa shape index (κ3) is 4.96. The summed E-state index contributed by atoms with van der Waals surface area (Å²) in [6.45, 7) is 0.444. The number of benzene rings is 3. The molecule has 39 heavy (non-hydrogen) atoms. The van der Waals surface area contributed by atoms with E-state index in [0.29, 0.717) is 32.2 Å². The summed E-state index contributed by atoms with van der Waals surface area (Å²) in [7, 11) is 0. The van der Waals surface area contributed by atoms with Gasteiger partial charge in [0, 0.05) is 12.1 Å². The van der Waals surface area contributed by atoms with Gasteiger partial charge >= 0.3 is 5.97 Å². The SMILES string of the molecule is O=C(CCc1ccccc1)N[C@H]1[C@@H](OC(=O)C2CC2)CCC[C@@]12C(=O)N(Cc1ccccc1)c1ccccc12. The molecular formula is C33H34N2O4. The van der Waals surface area contributed by atoms with Crippen molar-refractivity contribution >= 4 is 23.5 Å². The van der Waals surface area contributed by atoms with E-state index >= 15 is 0 Å². The number of aryl methyl sites for hydroxylation is 1. The number of nitrogens with one attached hydrogen (secondary N) is 1. The number of hydrogen-bond acceptors (Lipinski definition) is 4. The Morgan fingerprint density at radius 3 is 2.26 bits per heavy atom. The van der Waals surface area contributed by atoms with E-state index in [0.717, 1.165) is 41.6 Å². The first-order valence-electron chi connectivity index (χ1n) is 14.1. The summed E-state index contributed by atoms with van der Waals surface area (Å²) in [5.41, 5.74) is 2.91. The van der Waals surface area contributed by atoms with Crippen molar-refractivity contribution in [2.24, 2.45) is 5.92 Å². The average Bonchev–Trinajstić information content (AvgIpc) is 3.80. The largest absolute Gasteiger partial charge is 0.460 e. The Bertz CT molecular complexity index is 1350. The molecule has 0 radical (unpaired) electrons. The van der Waals surface area contributed by atoms with Gasteiger partial charge < -0.3 is 15.0 Å². The minimum absolute atomic E-state index is 0.0342. The third-order valence-electron chi connectivity index (χ3n) is 8.43. The number of anilines is 1. The fourth-order valence-corrected chi connectivity index (χ4v) is 6.29. The van der Waals surface area contributed by atoms with Crippen molar-refractivity contribution in [2.75, 3.05) is 4.90 Å². The van der Waals surface area contributed by atoms with Crippen molar-refractivity contribution in [1.82, 2.24) is 5.32 Å². The molecule has 1 N–H and O–H groups in total. The second kappa shape index (κ2) is 10.7. The molecule has 6 nitrogen and oxygen atoms in total. The second-order valence-electron chi connectivity index (χ2n) is 11.0. The minimum Gasteiger partial charge on any atom is -0.460 e. The molecule has 0 aromatic heterocycles. The molecule has 1 heterocycles. The highest BCUT2D eigenvalue weighted by atomic mass is 16.5. The molecule has 200 valence electrons. The first-order chi connectivity index (χ1) is 19.1. The molecule has 0 saturated heterocycles. The zero-order valence-corrected chi connectivity index (χ0v) is 22.1. The topological polar surface area (TPSA) is 75.7 Å². The molecule has 3 aliphatic rings. The van der Waals surface area contributed by atoms with Crippen molar-refractivity contribution in [3.05, 3.63) is 102 Å². The van der Waals surface area contributed by atoms with E-state index in [9.17, 15) is 14.4 Å². The average molecular weight is 523 g/mol. The lowest BCUT2D eigenvalue weighted by Gasteiger charge is -2.44. The number of carbonyl (C=O) groups is 3. The molecule has 6 heteroatoms. The van der Waals surface area contributed by atoms with Crippen molar-refractivity contribution in [3.8, 4) is 0 Å². The third-order valence-corrected chi connectivity index (χ3v) is 8.43. The summed E-state index contributed by atoms with van der Waals surface area (Å²) < 4.78 is 6.07. The number of fused-ring (bicyclic) bond motifs is 2. The lowest BCUT2D eigenvalue weighted by molar-refractivity contribution is -0.158. The lowest BCUT2D eigenvalue weighted by atomic mass is 9.65. The number of carbonyl (C=O) groups excluding carboxylic acids is 3. The van der Waals surface area contributed by atoms with Gasteiger partial charge in [-0.15, -0.1) is 0 Å². The molecule has 2 fully saturated rings. The quantitative estimate of drug-likeness (QED) is 0.418. The molecule has 1 spiro atoms. The molecule has 6 rings (SSSR count). The summed E-state index contributed by atoms with van der Waals surface area (Å²) in [6, 6.07) is 27.1. The maximum absolute atomic E-state index is 14.5. The highest BCUT2D eigenvalue weighted by molar-refractivity contribution is 6.09. The summed E-state index contributed by atoms with van der Waals surface area (Å²) in [4.78, 5) is 42.6. The normalized spacial score (nSPS) is 23.9. The minimum atomic E-state index is -0.986. The van der Waals surface area contributed by atoms with Crippen LogP contribution < -0.4 is 10.2 Å². The molecule has 3 atom stereocenters. The van der Waals surface area contributed by atoms with E-state index < -0.39 is 17.6 Å². The molecule has 3 aromatic rings. The molecule has 2 saturated carbocycles. The van der Waals surface area contributed by atoms with Crippen LogP contribution >= 0.6 is 0 Å². The van der Waals surface area contributed by atoms with Crippen molar-refractivity contribution in [1.29, 1.82) is 0 Å². The summed E-state index contributed by atoms with van der Waals surface area (Å²) in [5, 5.41) is 3.23. The van der Waals surface area contributed by atoms with Crippen LogP contribution in [0.25, 0.3) is 0 Å². The Balaban J connectivity index is 1.34. The maximum atomic E-state index is 14.5. The highest BCUT2D eigenvalue weighted by Crippen LogP contribution is 2.51. The number of para-hydroxylation sites is 1. The van der Waals surface area contributed by atoms with Gasteiger partial charge in [0.1, 0.15) is 11.5 Å². The Labute approximate surface area is 229 Å². The van der Waals surface area contributed by atoms with E-state index in [1.165, 1.54) is 0 Å². The smallest absolute Gasteiger partial charge is 0.309 e. The second-order valence-corrected chi connectivity index (χ2v) is 11.0. The first-order valence-corrected chi connectivity index (χ1v) is 14.1. The van der Waals surface area contributed by atoms with Gasteiger partial charge in [0.05, 0.1) is 18.5 Å². The number of nitrogens with zero attached hydrogens (tertiary/aromatic N) is 1. The number of ether oxygens (including phenoxy) is 1. The predicted molar refractivity (Wildman–Crippen MR) is 149 cm³/mol. The van der Waals surface area contributed by atoms with Gasteiger partial charge in [-0.25, -0.2) is 0 Å². The van der Waals surface area contributed by atoms with Crippen LogP contribution in [0.2, 0.25) is 0 Å². The summed E-state index contributed by atoms with van der Waals surface area (Å²) in [5.74, 6) is -0.434. The number of hydrogen-bond donors (Lipinski definition) is 1. The number of esters is 1. The van der Waals surface area contributed by atoms with Crippen LogP contribution in [-0.4, -0.2) is 29.9 Å². The molecule has 1 aliphatic heterocycles. The van der Waals surface area contributed by atoms with Gasteiger partial charge in [-0.05, 0) is 61.3 Å². The summed E-state index contributed by atoms with van der Waals surface area (Å²) >= 11 is 0. The van der Waals surface area contributed by atoms with Crippen LogP contribution in [0.3, 0.4) is 0 Å². The van der Waals surface area contributed by atoms with Crippen LogP contribution in [0.1, 0.15) is 55.2 Å². The maximum Gasteiger partial charge on any atom is 0.309 e. The molecule has 0 bridgehead atoms. The van der Waals surface area contributed by atoms with Crippen LogP contribution in [0.5, 0.6) is 0 Å². The fraction of sp³-hybridized carbons (Fsp3) is 0.364. The first kappa shape index (κ1) is 25.4. The van der Waals surface area contributed by atoms with Crippen molar-refractivity contribution in [3.63, 3.8) is 0 Å². The fourth-order valence-electron chi connectivity index (χ4n) is 6.29. The van der Waals surface area contributed by atoms with Crippen molar-refractivity contribution in [2.45, 2.75) is 69.1 Å². The van der Waals surface area contributed by atoms with Gasteiger partial charge in [-0.2, -0.15) is 0 Å². The van der Waals surface area contributed by atoms with E-state index in [2.05, 4.69) is 5.32 Å². The molecule has 3 aromatic carbocycles. The van der Waals surface area contributed by atoms with Gasteiger partial charge in [-0.3, -0.25) is 14.4 Å². The predicted octanol–water partition coefficient (Wildman–Crippen LogP) is 5.09. The Morgan fingerprint density at radius 2 is 1.54 bits per heavy atom. The molecular weight excluding hydrogens is 488 g/mol. The van der Waals surface area contributed by atoms with Crippen LogP contribution in [0.4, 0.5) is 5.69 Å². The van der Waals surface area contributed by atoms with Gasteiger partial charge in [0.2, 0.25) is 11.8 Å². The van der Waals surface area contributed by atoms with Crippen LogP contribution in [0, 0.1) is 5.92 Å². The monoisotopic (exact) mass is 522 g/mol. The van der Waals surface area contributed by atoms with E-state index in [1.807, 2.05) is 89.8 Å². The molecule has 2 aliphatic carbocycles. The number of amides is 2.